The van der Waals surface area contributed by atoms with Crippen molar-refractivity contribution in [3.63, 3.8) is 0 Å². The standard InChI is InChI=1S/C18H19N3O2S/c1-3-12-8-9-15-16(10-12)24-18(20-15)21-17(22)19-14-7-5-4-6-13(14)11-23-2/h4-10H,3,11H2,1-2H3,(H2,19,20,21,22). The summed E-state index contributed by atoms with van der Waals surface area (Å²) in [5.41, 5.74) is 3.81. The molecule has 0 radical (unpaired) electrons. The molecule has 0 fully saturated rings. The highest BCUT2D eigenvalue weighted by atomic mass is 32.1. The van der Waals surface area contributed by atoms with Crippen LogP contribution in [0.1, 0.15) is 18.1 Å². The van der Waals surface area contributed by atoms with Gasteiger partial charge in [0.1, 0.15) is 0 Å². The second-order valence-corrected chi connectivity index (χ2v) is 6.37. The van der Waals surface area contributed by atoms with Gasteiger partial charge in [0.15, 0.2) is 5.13 Å². The summed E-state index contributed by atoms with van der Waals surface area (Å²) in [5.74, 6) is 0. The van der Waals surface area contributed by atoms with E-state index in [-0.39, 0.29) is 6.03 Å². The van der Waals surface area contributed by atoms with Crippen LogP contribution in [0.25, 0.3) is 10.2 Å². The van der Waals surface area contributed by atoms with E-state index in [4.69, 9.17) is 4.74 Å². The van der Waals surface area contributed by atoms with Gasteiger partial charge in [-0.1, -0.05) is 42.5 Å². The van der Waals surface area contributed by atoms with Gasteiger partial charge in [-0.15, -0.1) is 0 Å². The number of methoxy groups -OCH3 is 1. The Labute approximate surface area is 144 Å². The molecule has 3 rings (SSSR count). The molecule has 0 unspecified atom stereocenters. The van der Waals surface area contributed by atoms with Gasteiger partial charge in [-0.25, -0.2) is 9.78 Å². The largest absolute Gasteiger partial charge is 0.380 e. The molecule has 6 heteroatoms. The average molecular weight is 341 g/mol. The average Bonchev–Trinajstić information content (AvgIpc) is 2.97. The van der Waals surface area contributed by atoms with Gasteiger partial charge in [0, 0.05) is 18.4 Å². The van der Waals surface area contributed by atoms with Gasteiger partial charge in [0.05, 0.1) is 16.8 Å². The predicted molar refractivity (Wildman–Crippen MR) is 98.8 cm³/mol. The van der Waals surface area contributed by atoms with Crippen LogP contribution in [0.3, 0.4) is 0 Å². The summed E-state index contributed by atoms with van der Waals surface area (Å²) >= 11 is 1.47. The quantitative estimate of drug-likeness (QED) is 0.710. The van der Waals surface area contributed by atoms with E-state index in [1.807, 2.05) is 30.3 Å². The molecule has 1 aromatic heterocycles. The van der Waals surface area contributed by atoms with Crippen molar-refractivity contribution in [2.24, 2.45) is 0 Å². The number of nitrogens with one attached hydrogen (secondary N) is 2. The number of thiazole rings is 1. The fourth-order valence-corrected chi connectivity index (χ4v) is 3.34. The van der Waals surface area contributed by atoms with Crippen LogP contribution in [0.4, 0.5) is 15.6 Å². The molecule has 0 aliphatic heterocycles. The number of hydrogen-bond acceptors (Lipinski definition) is 4. The molecule has 0 spiro atoms. The van der Waals surface area contributed by atoms with Crippen molar-refractivity contribution in [2.45, 2.75) is 20.0 Å². The van der Waals surface area contributed by atoms with E-state index < -0.39 is 0 Å². The van der Waals surface area contributed by atoms with Crippen molar-refractivity contribution in [3.8, 4) is 0 Å². The number of para-hydroxylation sites is 1. The molecule has 124 valence electrons. The lowest BCUT2D eigenvalue weighted by Gasteiger charge is -2.10. The van der Waals surface area contributed by atoms with Crippen LogP contribution < -0.4 is 10.6 Å². The van der Waals surface area contributed by atoms with Crippen LogP contribution >= 0.6 is 11.3 Å². The first-order valence-electron chi connectivity index (χ1n) is 7.74. The molecular weight excluding hydrogens is 322 g/mol. The summed E-state index contributed by atoms with van der Waals surface area (Å²) in [6.45, 7) is 2.56. The van der Waals surface area contributed by atoms with Crippen LogP contribution in [0.5, 0.6) is 0 Å². The van der Waals surface area contributed by atoms with Crippen LogP contribution in [0, 0.1) is 0 Å². The Bertz CT molecular complexity index is 860. The fourth-order valence-electron chi connectivity index (χ4n) is 2.42. The zero-order chi connectivity index (χ0) is 16.9. The van der Waals surface area contributed by atoms with Crippen LogP contribution in [-0.2, 0) is 17.8 Å². The monoisotopic (exact) mass is 341 g/mol. The van der Waals surface area contributed by atoms with Gasteiger partial charge in [0.25, 0.3) is 0 Å². The van der Waals surface area contributed by atoms with E-state index in [1.165, 1.54) is 16.9 Å². The third-order valence-corrected chi connectivity index (χ3v) is 4.58. The van der Waals surface area contributed by atoms with Gasteiger partial charge in [0.2, 0.25) is 0 Å². The molecule has 0 aliphatic carbocycles. The molecule has 2 aromatic carbocycles. The van der Waals surface area contributed by atoms with E-state index in [0.29, 0.717) is 11.7 Å². The maximum absolute atomic E-state index is 12.2. The van der Waals surface area contributed by atoms with Crippen LogP contribution in [-0.4, -0.2) is 18.1 Å². The minimum absolute atomic E-state index is 0.312. The number of fused-ring (bicyclic) bond motifs is 1. The van der Waals surface area contributed by atoms with Crippen molar-refractivity contribution in [1.82, 2.24) is 4.98 Å². The molecule has 3 aromatic rings. The molecule has 0 saturated carbocycles. The number of carbonyl (C=O) groups excluding carboxylic acids is 1. The number of benzene rings is 2. The molecular formula is C18H19N3O2S. The van der Waals surface area contributed by atoms with Gasteiger partial charge >= 0.3 is 6.03 Å². The van der Waals surface area contributed by atoms with Crippen molar-refractivity contribution >= 4 is 38.4 Å². The molecule has 0 aliphatic rings. The maximum atomic E-state index is 12.2. The highest BCUT2D eigenvalue weighted by Crippen LogP contribution is 2.27. The third-order valence-electron chi connectivity index (χ3n) is 3.65. The number of anilines is 2. The van der Waals surface area contributed by atoms with Gasteiger partial charge < -0.3 is 10.1 Å². The van der Waals surface area contributed by atoms with Crippen molar-refractivity contribution < 1.29 is 9.53 Å². The number of aryl methyl sites for hydroxylation is 1. The number of ether oxygens (including phenoxy) is 1. The second-order valence-electron chi connectivity index (χ2n) is 5.34. The SMILES string of the molecule is CCc1ccc2nc(NC(=O)Nc3ccccc3COC)sc2c1. The van der Waals surface area contributed by atoms with Crippen molar-refractivity contribution in [3.05, 3.63) is 53.6 Å². The van der Waals surface area contributed by atoms with Crippen molar-refractivity contribution in [1.29, 1.82) is 0 Å². The number of aromatic nitrogens is 1. The molecule has 5 nitrogen and oxygen atoms in total. The minimum Gasteiger partial charge on any atom is -0.380 e. The van der Waals surface area contributed by atoms with Crippen molar-refractivity contribution in [2.75, 3.05) is 17.7 Å². The summed E-state index contributed by atoms with van der Waals surface area (Å²) in [6.07, 6.45) is 0.980. The van der Waals surface area contributed by atoms with Crippen LogP contribution in [0.2, 0.25) is 0 Å². The summed E-state index contributed by atoms with van der Waals surface area (Å²) in [4.78, 5) is 16.7. The first-order valence-corrected chi connectivity index (χ1v) is 8.55. The summed E-state index contributed by atoms with van der Waals surface area (Å²) < 4.78 is 6.22. The molecule has 0 saturated heterocycles. The number of hydrogen-bond donors (Lipinski definition) is 2. The van der Waals surface area contributed by atoms with E-state index >= 15 is 0 Å². The van der Waals surface area contributed by atoms with Gasteiger partial charge in [-0.05, 0) is 30.2 Å². The number of amides is 2. The maximum Gasteiger partial charge on any atom is 0.325 e. The Morgan fingerprint density at radius 3 is 2.83 bits per heavy atom. The lowest BCUT2D eigenvalue weighted by atomic mass is 10.2. The van der Waals surface area contributed by atoms with E-state index in [0.717, 1.165) is 27.9 Å². The zero-order valence-electron chi connectivity index (χ0n) is 13.6. The number of carbonyl (C=O) groups is 1. The number of urea groups is 1. The molecule has 0 bridgehead atoms. The summed E-state index contributed by atoms with van der Waals surface area (Å²) in [5, 5.41) is 6.23. The smallest absolute Gasteiger partial charge is 0.325 e. The topological polar surface area (TPSA) is 63.2 Å². The van der Waals surface area contributed by atoms with Gasteiger partial charge in [-0.2, -0.15) is 0 Å². The zero-order valence-corrected chi connectivity index (χ0v) is 14.4. The predicted octanol–water partition coefficient (Wildman–Crippen LogP) is 4.65. The third kappa shape index (κ3) is 3.72. The lowest BCUT2D eigenvalue weighted by Crippen LogP contribution is -2.20. The van der Waals surface area contributed by atoms with E-state index in [9.17, 15) is 4.79 Å². The molecule has 24 heavy (non-hydrogen) atoms. The normalized spacial score (nSPS) is 10.8. The Hall–Kier alpha value is -2.44. The van der Waals surface area contributed by atoms with Gasteiger partial charge in [-0.3, -0.25) is 5.32 Å². The first-order chi connectivity index (χ1) is 11.7. The lowest BCUT2D eigenvalue weighted by molar-refractivity contribution is 0.185. The highest BCUT2D eigenvalue weighted by molar-refractivity contribution is 7.22. The summed E-state index contributed by atoms with van der Waals surface area (Å²) in [6, 6.07) is 13.4. The Morgan fingerprint density at radius 1 is 1.21 bits per heavy atom. The number of nitrogens with zero attached hydrogens (tertiary/aromatic N) is 1. The number of rotatable bonds is 5. The Morgan fingerprint density at radius 2 is 2.04 bits per heavy atom. The Balaban J connectivity index is 1.73. The second kappa shape index (κ2) is 7.42. The molecule has 1 heterocycles. The molecule has 0 atom stereocenters. The highest BCUT2D eigenvalue weighted by Gasteiger charge is 2.10. The fraction of sp³-hybridized carbons (Fsp3) is 0.222. The first kappa shape index (κ1) is 16.4. The van der Waals surface area contributed by atoms with E-state index in [1.54, 1.807) is 7.11 Å². The van der Waals surface area contributed by atoms with E-state index in [2.05, 4.69) is 34.7 Å². The summed E-state index contributed by atoms with van der Waals surface area (Å²) in [7, 11) is 1.63. The Kier molecular flexibility index (Phi) is 5.08. The molecule has 2 N–H and O–H groups in total. The minimum atomic E-state index is -0.312. The molecule has 2 amide bonds. The van der Waals surface area contributed by atoms with Crippen LogP contribution in [0.15, 0.2) is 42.5 Å².